The zero-order chi connectivity index (χ0) is 26.9. The molecule has 4 atom stereocenters. The van der Waals surface area contributed by atoms with Crippen molar-refractivity contribution in [3.63, 3.8) is 0 Å². The lowest BCUT2D eigenvalue weighted by Gasteiger charge is -2.42. The number of carbonyl (C=O) groups is 2. The Morgan fingerprint density at radius 3 is 2.50 bits per heavy atom. The van der Waals surface area contributed by atoms with Gasteiger partial charge in [0.2, 0.25) is 5.91 Å². The number of hydrogen-bond donors (Lipinski definition) is 2. The molecule has 0 spiro atoms. The summed E-state index contributed by atoms with van der Waals surface area (Å²) in [5.41, 5.74) is 3.32. The molecule has 0 radical (unpaired) electrons. The Balaban J connectivity index is 1.44. The molecule has 2 aliphatic rings. The van der Waals surface area contributed by atoms with E-state index in [9.17, 15) is 14.7 Å². The number of nitrogens with zero attached hydrogens (tertiary/aromatic N) is 1. The number of nitrogens with one attached hydrogen (secondary N) is 1. The number of amides is 1. The third-order valence-electron chi connectivity index (χ3n) is 8.02. The second kappa shape index (κ2) is 11.1. The first kappa shape index (κ1) is 26.7. The lowest BCUT2D eigenvalue weighted by molar-refractivity contribution is -0.147. The van der Waals surface area contributed by atoms with Crippen molar-refractivity contribution < 1.29 is 14.7 Å². The highest BCUT2D eigenvalue weighted by atomic mass is 35.5. The quantitative estimate of drug-likeness (QED) is 0.292. The van der Waals surface area contributed by atoms with E-state index in [4.69, 9.17) is 28.2 Å². The molecule has 5 rings (SSSR count). The Bertz CT molecular complexity index is 1320. The minimum absolute atomic E-state index is 0.0372. The molecule has 1 aromatic heterocycles. The third-order valence-corrected chi connectivity index (χ3v) is 8.51. The fourth-order valence-electron chi connectivity index (χ4n) is 5.81. The molecule has 2 heterocycles. The number of carboxylic acid groups (broad SMARTS) is 1. The number of halogens is 2. The number of pyridine rings is 1. The van der Waals surface area contributed by atoms with Gasteiger partial charge >= 0.3 is 5.97 Å². The van der Waals surface area contributed by atoms with Gasteiger partial charge in [0.25, 0.3) is 0 Å². The van der Waals surface area contributed by atoms with E-state index in [1.54, 1.807) is 6.92 Å². The maximum Gasteiger partial charge on any atom is 0.304 e. The molecule has 3 aromatic rings. The molecule has 7 heteroatoms. The van der Waals surface area contributed by atoms with Gasteiger partial charge in [-0.1, -0.05) is 60.5 Å². The Kier molecular flexibility index (Phi) is 7.78. The maximum absolute atomic E-state index is 13.2. The minimum Gasteiger partial charge on any atom is -0.481 e. The molecule has 5 nitrogen and oxygen atoms in total. The van der Waals surface area contributed by atoms with E-state index in [1.807, 2.05) is 36.4 Å². The molecule has 1 aliphatic carbocycles. The first-order valence-corrected chi connectivity index (χ1v) is 14.0. The predicted octanol–water partition coefficient (Wildman–Crippen LogP) is 7.33. The van der Waals surface area contributed by atoms with Crippen molar-refractivity contribution in [2.45, 2.75) is 69.2 Å². The molecule has 2 N–H and O–H groups in total. The molecular formula is C31H32Cl2N2O3. The standard InChI is InChI=1S/C31H32Cl2N2O3/c1-31(18-29(36)37)17-25(21-4-2-5-23(33)16-21)28(35-30(31)38)15-14-24(19-10-12-22(32)13-11-19)27-7-3-6-26(34-27)20-8-9-20/h2-7,10-13,16,20,24-25,28H,8-9,14-15,17-18H2,1H3,(H,35,38)(H,36,37)/t24-,25+,28-,31-/m0/s1. The number of hydrogen-bond acceptors (Lipinski definition) is 3. The summed E-state index contributed by atoms with van der Waals surface area (Å²) in [4.78, 5) is 29.9. The fraction of sp³-hybridized carbons (Fsp3) is 0.387. The SMILES string of the molecule is C[C@@]1(CC(=O)O)C[C@H](c2cccc(Cl)c2)[C@H](CC[C@@H](c2ccc(Cl)cc2)c2cccc(C3CC3)n2)NC1=O. The van der Waals surface area contributed by atoms with E-state index in [0.717, 1.165) is 28.9 Å². The smallest absolute Gasteiger partial charge is 0.304 e. The molecular weight excluding hydrogens is 519 g/mol. The lowest BCUT2D eigenvalue weighted by atomic mass is 9.68. The van der Waals surface area contributed by atoms with Crippen LogP contribution >= 0.6 is 23.2 Å². The van der Waals surface area contributed by atoms with Gasteiger partial charge in [0.1, 0.15) is 0 Å². The molecule has 1 amide bonds. The van der Waals surface area contributed by atoms with Crippen LogP contribution in [-0.2, 0) is 9.59 Å². The highest BCUT2D eigenvalue weighted by Gasteiger charge is 2.45. The maximum atomic E-state index is 13.2. The molecule has 2 fully saturated rings. The molecule has 0 unspecified atom stereocenters. The summed E-state index contributed by atoms with van der Waals surface area (Å²) >= 11 is 12.5. The number of carbonyl (C=O) groups excluding carboxylic acids is 1. The van der Waals surface area contributed by atoms with Crippen LogP contribution in [0.1, 0.15) is 85.7 Å². The van der Waals surface area contributed by atoms with Gasteiger partial charge in [-0.05, 0) is 79.6 Å². The first-order valence-electron chi connectivity index (χ1n) is 13.2. The van der Waals surface area contributed by atoms with Crippen LogP contribution in [0.5, 0.6) is 0 Å². The van der Waals surface area contributed by atoms with Crippen molar-refractivity contribution in [2.24, 2.45) is 5.41 Å². The van der Waals surface area contributed by atoms with Crippen LogP contribution in [0.3, 0.4) is 0 Å². The summed E-state index contributed by atoms with van der Waals surface area (Å²) in [5.74, 6) is -0.657. The van der Waals surface area contributed by atoms with Crippen molar-refractivity contribution in [1.82, 2.24) is 10.3 Å². The second-order valence-electron chi connectivity index (χ2n) is 11.0. The topological polar surface area (TPSA) is 79.3 Å². The van der Waals surface area contributed by atoms with Crippen molar-refractivity contribution in [2.75, 3.05) is 0 Å². The molecule has 1 saturated heterocycles. The summed E-state index contributed by atoms with van der Waals surface area (Å²) in [6, 6.07) is 21.7. The average molecular weight is 552 g/mol. The lowest BCUT2D eigenvalue weighted by Crippen LogP contribution is -2.54. The molecule has 38 heavy (non-hydrogen) atoms. The van der Waals surface area contributed by atoms with Gasteiger partial charge in [0, 0.05) is 45.2 Å². The van der Waals surface area contributed by atoms with Crippen LogP contribution in [-0.4, -0.2) is 28.0 Å². The minimum atomic E-state index is -0.995. The zero-order valence-electron chi connectivity index (χ0n) is 21.4. The number of carboxylic acids is 1. The number of aromatic nitrogens is 1. The monoisotopic (exact) mass is 550 g/mol. The van der Waals surface area contributed by atoms with Crippen molar-refractivity contribution in [3.8, 4) is 0 Å². The van der Waals surface area contributed by atoms with Crippen molar-refractivity contribution >= 4 is 35.1 Å². The second-order valence-corrected chi connectivity index (χ2v) is 11.9. The molecule has 2 aromatic carbocycles. The van der Waals surface area contributed by atoms with Gasteiger partial charge in [-0.3, -0.25) is 14.6 Å². The van der Waals surface area contributed by atoms with Gasteiger partial charge in [0.15, 0.2) is 0 Å². The van der Waals surface area contributed by atoms with Gasteiger partial charge < -0.3 is 10.4 Å². The Morgan fingerprint density at radius 2 is 1.82 bits per heavy atom. The molecule has 0 bridgehead atoms. The molecule has 1 aliphatic heterocycles. The normalized spacial score (nSPS) is 24.0. The number of benzene rings is 2. The van der Waals surface area contributed by atoms with E-state index >= 15 is 0 Å². The number of aliphatic carboxylic acids is 1. The largest absolute Gasteiger partial charge is 0.481 e. The summed E-state index contributed by atoms with van der Waals surface area (Å²) in [6.07, 6.45) is 4.07. The van der Waals surface area contributed by atoms with Crippen LogP contribution in [0.25, 0.3) is 0 Å². The molecule has 1 saturated carbocycles. The molecule has 198 valence electrons. The van der Waals surface area contributed by atoms with E-state index in [0.29, 0.717) is 28.8 Å². The van der Waals surface area contributed by atoms with Crippen LogP contribution in [0.4, 0.5) is 0 Å². The zero-order valence-corrected chi connectivity index (χ0v) is 22.9. The fourth-order valence-corrected chi connectivity index (χ4v) is 6.13. The Morgan fingerprint density at radius 1 is 1.08 bits per heavy atom. The van der Waals surface area contributed by atoms with Gasteiger partial charge in [-0.2, -0.15) is 0 Å². The van der Waals surface area contributed by atoms with Gasteiger partial charge in [0.05, 0.1) is 11.8 Å². The van der Waals surface area contributed by atoms with E-state index < -0.39 is 11.4 Å². The van der Waals surface area contributed by atoms with E-state index in [-0.39, 0.29) is 30.2 Å². The summed E-state index contributed by atoms with van der Waals surface area (Å²) in [7, 11) is 0. The van der Waals surface area contributed by atoms with Crippen LogP contribution in [0.15, 0.2) is 66.7 Å². The summed E-state index contributed by atoms with van der Waals surface area (Å²) in [6.45, 7) is 1.74. The van der Waals surface area contributed by atoms with Gasteiger partial charge in [-0.15, -0.1) is 0 Å². The van der Waals surface area contributed by atoms with Crippen LogP contribution < -0.4 is 5.32 Å². The Labute approximate surface area is 233 Å². The van der Waals surface area contributed by atoms with Crippen molar-refractivity contribution in [3.05, 3.63) is 99.3 Å². The predicted molar refractivity (Wildman–Crippen MR) is 150 cm³/mol. The van der Waals surface area contributed by atoms with Gasteiger partial charge in [-0.25, -0.2) is 0 Å². The highest BCUT2D eigenvalue weighted by molar-refractivity contribution is 6.30. The van der Waals surface area contributed by atoms with E-state index in [1.165, 1.54) is 12.8 Å². The number of rotatable bonds is 9. The van der Waals surface area contributed by atoms with Crippen LogP contribution in [0.2, 0.25) is 10.0 Å². The average Bonchev–Trinajstić information content (AvgIpc) is 3.73. The van der Waals surface area contributed by atoms with Crippen molar-refractivity contribution in [1.29, 1.82) is 0 Å². The summed E-state index contributed by atoms with van der Waals surface area (Å²) < 4.78 is 0. The number of piperidine rings is 1. The first-order chi connectivity index (χ1) is 18.2. The van der Waals surface area contributed by atoms with Crippen LogP contribution in [0, 0.1) is 5.41 Å². The van der Waals surface area contributed by atoms with E-state index in [2.05, 4.69) is 35.6 Å². The third kappa shape index (κ3) is 6.05. The highest BCUT2D eigenvalue weighted by Crippen LogP contribution is 2.44. The Hall–Kier alpha value is -2.89. The summed E-state index contributed by atoms with van der Waals surface area (Å²) in [5, 5.41) is 14.0.